The van der Waals surface area contributed by atoms with Crippen LogP contribution >= 0.6 is 31.9 Å². The fraction of sp³-hybridized carbons (Fsp3) is 0.625. The lowest BCUT2D eigenvalue weighted by molar-refractivity contribution is 0.480. The normalized spacial score (nSPS) is 12.7. The van der Waals surface area contributed by atoms with Gasteiger partial charge in [-0.1, -0.05) is 71.4 Å². The first-order valence-electron chi connectivity index (χ1n) is 7.29. The molecule has 0 amide bonds. The predicted octanol–water partition coefficient (Wildman–Crippen LogP) is 6.14. The number of rotatable bonds is 8. The van der Waals surface area contributed by atoms with Crippen LogP contribution in [0, 0.1) is 6.92 Å². The lowest BCUT2D eigenvalue weighted by Gasteiger charge is -2.21. The minimum absolute atomic E-state index is 0.452. The number of aryl methyl sites for hydroxylation is 1. The maximum Gasteiger partial charge on any atom is 0.0331 e. The fourth-order valence-electron chi connectivity index (χ4n) is 2.32. The molecule has 0 spiro atoms. The summed E-state index contributed by atoms with van der Waals surface area (Å²) in [6, 6.07) is 4.91. The van der Waals surface area contributed by atoms with E-state index in [1.807, 2.05) is 0 Å². The Hall–Kier alpha value is 0.140. The molecule has 0 saturated carbocycles. The first-order chi connectivity index (χ1) is 9.10. The highest BCUT2D eigenvalue weighted by molar-refractivity contribution is 9.11. The molecular weight excluding hydrogens is 366 g/mol. The zero-order valence-electron chi connectivity index (χ0n) is 12.2. The molecule has 0 heterocycles. The summed E-state index contributed by atoms with van der Waals surface area (Å²) in [5.41, 5.74) is 2.65. The van der Waals surface area contributed by atoms with Crippen molar-refractivity contribution in [3.8, 4) is 0 Å². The van der Waals surface area contributed by atoms with Crippen molar-refractivity contribution in [1.82, 2.24) is 5.32 Å². The molecule has 108 valence electrons. The Morgan fingerprint density at radius 1 is 1.05 bits per heavy atom. The largest absolute Gasteiger partial charge is 0.310 e. The van der Waals surface area contributed by atoms with Crippen molar-refractivity contribution in [1.29, 1.82) is 0 Å². The second kappa shape index (κ2) is 9.15. The molecule has 0 aliphatic heterocycles. The molecule has 1 unspecified atom stereocenters. The molecule has 0 saturated heterocycles. The summed E-state index contributed by atoms with van der Waals surface area (Å²) in [7, 11) is 0. The first kappa shape index (κ1) is 17.2. The Morgan fingerprint density at radius 2 is 1.79 bits per heavy atom. The highest BCUT2D eigenvalue weighted by Crippen LogP contribution is 2.32. The van der Waals surface area contributed by atoms with Crippen LogP contribution in [-0.4, -0.2) is 6.54 Å². The van der Waals surface area contributed by atoms with Gasteiger partial charge in [-0.2, -0.15) is 0 Å². The molecule has 0 radical (unpaired) electrons. The highest BCUT2D eigenvalue weighted by atomic mass is 79.9. The molecule has 0 fully saturated rings. The van der Waals surface area contributed by atoms with Gasteiger partial charge in [-0.05, 0) is 43.1 Å². The standard InChI is InChI=1S/C16H25Br2N/c1-4-6-7-8-9-16(19-5-2)13-11-14(17)12(3)10-15(13)18/h10-11,16,19H,4-9H2,1-3H3. The van der Waals surface area contributed by atoms with E-state index in [9.17, 15) is 0 Å². The van der Waals surface area contributed by atoms with E-state index in [-0.39, 0.29) is 0 Å². The molecule has 1 aromatic rings. The van der Waals surface area contributed by atoms with Gasteiger partial charge in [-0.15, -0.1) is 0 Å². The lowest BCUT2D eigenvalue weighted by Crippen LogP contribution is -2.21. The molecule has 0 aliphatic rings. The van der Waals surface area contributed by atoms with Crippen LogP contribution in [0.1, 0.15) is 63.1 Å². The average molecular weight is 391 g/mol. The van der Waals surface area contributed by atoms with E-state index in [4.69, 9.17) is 0 Å². The van der Waals surface area contributed by atoms with E-state index in [1.54, 1.807) is 0 Å². The molecule has 1 rings (SSSR count). The van der Waals surface area contributed by atoms with Gasteiger partial charge in [0.1, 0.15) is 0 Å². The number of hydrogen-bond acceptors (Lipinski definition) is 1. The highest BCUT2D eigenvalue weighted by Gasteiger charge is 2.14. The summed E-state index contributed by atoms with van der Waals surface area (Å²) in [5.74, 6) is 0. The van der Waals surface area contributed by atoms with E-state index < -0.39 is 0 Å². The third-order valence-electron chi connectivity index (χ3n) is 3.45. The van der Waals surface area contributed by atoms with Crippen molar-refractivity contribution in [2.75, 3.05) is 6.54 Å². The minimum Gasteiger partial charge on any atom is -0.310 e. The second-order valence-corrected chi connectivity index (χ2v) is 6.79. The van der Waals surface area contributed by atoms with E-state index >= 15 is 0 Å². The lowest BCUT2D eigenvalue weighted by atomic mass is 9.99. The van der Waals surface area contributed by atoms with Crippen LogP contribution in [0.15, 0.2) is 21.1 Å². The van der Waals surface area contributed by atoms with E-state index in [0.717, 1.165) is 6.54 Å². The van der Waals surface area contributed by atoms with Crippen LogP contribution in [0.25, 0.3) is 0 Å². The Labute approximate surface area is 134 Å². The summed E-state index contributed by atoms with van der Waals surface area (Å²) in [5, 5.41) is 3.61. The van der Waals surface area contributed by atoms with Crippen LogP contribution in [0.5, 0.6) is 0 Å². The fourth-order valence-corrected chi connectivity index (χ4v) is 3.41. The van der Waals surface area contributed by atoms with Crippen molar-refractivity contribution in [3.63, 3.8) is 0 Å². The maximum atomic E-state index is 3.71. The number of unbranched alkanes of at least 4 members (excludes halogenated alkanes) is 3. The van der Waals surface area contributed by atoms with Crippen molar-refractivity contribution in [2.24, 2.45) is 0 Å². The van der Waals surface area contributed by atoms with Crippen LogP contribution in [0.2, 0.25) is 0 Å². The molecule has 1 N–H and O–H groups in total. The second-order valence-electron chi connectivity index (χ2n) is 5.08. The van der Waals surface area contributed by atoms with Gasteiger partial charge in [0.15, 0.2) is 0 Å². The predicted molar refractivity (Wildman–Crippen MR) is 91.8 cm³/mol. The summed E-state index contributed by atoms with van der Waals surface area (Å²) in [6.07, 6.45) is 6.48. The summed E-state index contributed by atoms with van der Waals surface area (Å²) in [4.78, 5) is 0. The SMILES string of the molecule is CCCCCCC(NCC)c1cc(Br)c(C)cc1Br. The number of halogens is 2. The molecule has 0 bridgehead atoms. The average Bonchev–Trinajstić information content (AvgIpc) is 2.38. The van der Waals surface area contributed by atoms with E-state index in [2.05, 4.69) is 70.1 Å². The molecule has 3 heteroatoms. The Balaban J connectivity index is 2.77. The van der Waals surface area contributed by atoms with E-state index in [1.165, 1.54) is 52.2 Å². The van der Waals surface area contributed by atoms with Crippen LogP contribution < -0.4 is 5.32 Å². The third-order valence-corrected chi connectivity index (χ3v) is 4.99. The Bertz CT molecular complexity index is 391. The van der Waals surface area contributed by atoms with Gasteiger partial charge >= 0.3 is 0 Å². The zero-order chi connectivity index (χ0) is 14.3. The van der Waals surface area contributed by atoms with Gasteiger partial charge in [-0.25, -0.2) is 0 Å². The number of nitrogens with one attached hydrogen (secondary N) is 1. The van der Waals surface area contributed by atoms with Gasteiger partial charge in [0.05, 0.1) is 0 Å². The van der Waals surface area contributed by atoms with E-state index in [0.29, 0.717) is 6.04 Å². The molecular formula is C16H25Br2N. The quantitative estimate of drug-likeness (QED) is 0.525. The van der Waals surface area contributed by atoms with Crippen molar-refractivity contribution in [3.05, 3.63) is 32.2 Å². The zero-order valence-corrected chi connectivity index (χ0v) is 15.4. The van der Waals surface area contributed by atoms with Gasteiger partial charge in [-0.3, -0.25) is 0 Å². The van der Waals surface area contributed by atoms with Gasteiger partial charge in [0.2, 0.25) is 0 Å². The number of benzene rings is 1. The van der Waals surface area contributed by atoms with Crippen molar-refractivity contribution in [2.45, 2.75) is 58.9 Å². The Morgan fingerprint density at radius 3 is 2.42 bits per heavy atom. The maximum absolute atomic E-state index is 3.71. The van der Waals surface area contributed by atoms with Crippen molar-refractivity contribution >= 4 is 31.9 Å². The monoisotopic (exact) mass is 389 g/mol. The summed E-state index contributed by atoms with van der Waals surface area (Å²) in [6.45, 7) is 7.57. The number of hydrogen-bond donors (Lipinski definition) is 1. The van der Waals surface area contributed by atoms with Gasteiger partial charge in [0, 0.05) is 15.0 Å². The van der Waals surface area contributed by atoms with Crippen LogP contribution in [0.4, 0.5) is 0 Å². The molecule has 1 aromatic carbocycles. The van der Waals surface area contributed by atoms with Gasteiger partial charge in [0.25, 0.3) is 0 Å². The molecule has 19 heavy (non-hydrogen) atoms. The first-order valence-corrected chi connectivity index (χ1v) is 8.87. The Kier molecular flexibility index (Phi) is 8.27. The minimum atomic E-state index is 0.452. The van der Waals surface area contributed by atoms with Crippen LogP contribution in [0.3, 0.4) is 0 Å². The van der Waals surface area contributed by atoms with Crippen LogP contribution in [-0.2, 0) is 0 Å². The smallest absolute Gasteiger partial charge is 0.0331 e. The molecule has 0 aliphatic carbocycles. The van der Waals surface area contributed by atoms with Gasteiger partial charge < -0.3 is 5.32 Å². The van der Waals surface area contributed by atoms with Crippen molar-refractivity contribution < 1.29 is 0 Å². The topological polar surface area (TPSA) is 12.0 Å². The summed E-state index contributed by atoms with van der Waals surface area (Å²) < 4.78 is 2.41. The molecule has 0 aromatic heterocycles. The third kappa shape index (κ3) is 5.57. The molecule has 1 nitrogen and oxygen atoms in total. The summed E-state index contributed by atoms with van der Waals surface area (Å²) >= 11 is 7.36. The molecule has 1 atom stereocenters.